The van der Waals surface area contributed by atoms with Crippen molar-refractivity contribution in [3.63, 3.8) is 0 Å². The Kier molecular flexibility index (Phi) is 5.57. The molecule has 0 saturated carbocycles. The molecule has 1 aromatic carbocycles. The van der Waals surface area contributed by atoms with Crippen LogP contribution in [-0.2, 0) is 14.3 Å². The molecule has 0 spiro atoms. The second-order valence-corrected chi connectivity index (χ2v) is 7.21. The van der Waals surface area contributed by atoms with Gasteiger partial charge in [0.05, 0.1) is 18.2 Å². The molecule has 0 N–H and O–H groups in total. The summed E-state index contributed by atoms with van der Waals surface area (Å²) in [5.41, 5.74) is 1.02. The molecule has 6 nitrogen and oxygen atoms in total. The smallest absolute Gasteiger partial charge is 0.280 e. The lowest BCUT2D eigenvalue weighted by atomic mass is 10.2. The SMILES string of the molecule is CCN1CN(C)CN(CC)C1OS(=O)(=O)c1ccc(C)cc1. The van der Waals surface area contributed by atoms with E-state index in [4.69, 9.17) is 4.18 Å². The molecule has 1 aliphatic rings. The molecule has 0 radical (unpaired) electrons. The van der Waals surface area contributed by atoms with E-state index in [1.165, 1.54) is 0 Å². The van der Waals surface area contributed by atoms with Crippen molar-refractivity contribution in [2.45, 2.75) is 32.0 Å². The third-order valence-electron chi connectivity index (χ3n) is 3.81. The van der Waals surface area contributed by atoms with Gasteiger partial charge in [-0.15, -0.1) is 0 Å². The quantitative estimate of drug-likeness (QED) is 0.764. The average Bonchev–Trinajstić information content (AvgIpc) is 2.48. The molecule has 1 aliphatic heterocycles. The number of hydrogen-bond donors (Lipinski definition) is 0. The van der Waals surface area contributed by atoms with Crippen molar-refractivity contribution in [2.75, 3.05) is 33.5 Å². The van der Waals surface area contributed by atoms with Crippen molar-refractivity contribution in [2.24, 2.45) is 0 Å². The molecule has 7 heteroatoms. The van der Waals surface area contributed by atoms with E-state index in [-0.39, 0.29) is 4.90 Å². The van der Waals surface area contributed by atoms with Gasteiger partial charge in [-0.3, -0.25) is 14.7 Å². The van der Waals surface area contributed by atoms with E-state index in [1.54, 1.807) is 24.3 Å². The minimum absolute atomic E-state index is 0.198. The first-order chi connectivity index (χ1) is 10.4. The first-order valence-electron chi connectivity index (χ1n) is 7.54. The van der Waals surface area contributed by atoms with E-state index in [9.17, 15) is 8.42 Å². The van der Waals surface area contributed by atoms with Crippen molar-refractivity contribution in [1.82, 2.24) is 14.7 Å². The number of hydrogen-bond acceptors (Lipinski definition) is 6. The van der Waals surface area contributed by atoms with Gasteiger partial charge in [-0.2, -0.15) is 8.42 Å². The van der Waals surface area contributed by atoms with E-state index in [0.29, 0.717) is 13.3 Å². The second-order valence-electron chi connectivity index (χ2n) is 5.64. The molecule has 1 saturated heterocycles. The van der Waals surface area contributed by atoms with E-state index in [1.807, 2.05) is 37.6 Å². The summed E-state index contributed by atoms with van der Waals surface area (Å²) in [6.45, 7) is 8.72. The first kappa shape index (κ1) is 17.4. The molecule has 0 aromatic heterocycles. The summed E-state index contributed by atoms with van der Waals surface area (Å²) in [6, 6.07) is 6.73. The Bertz CT molecular complexity index is 575. The lowest BCUT2D eigenvalue weighted by Crippen LogP contribution is -2.61. The highest BCUT2D eigenvalue weighted by Gasteiger charge is 2.34. The molecule has 0 bridgehead atoms. The standard InChI is InChI=1S/C15H25N3O3S/c1-5-17-11-16(4)12-18(6-2)15(17)21-22(19,20)14-9-7-13(3)8-10-14/h7-10,15H,5-6,11-12H2,1-4H3. The molecule has 1 aromatic rings. The molecular weight excluding hydrogens is 302 g/mol. The number of nitrogens with zero attached hydrogens (tertiary/aromatic N) is 3. The molecule has 0 aliphatic carbocycles. The normalized spacial score (nSPS) is 19.6. The first-order valence-corrected chi connectivity index (χ1v) is 8.94. The van der Waals surface area contributed by atoms with Gasteiger partial charge >= 0.3 is 0 Å². The number of aryl methyl sites for hydroxylation is 1. The Morgan fingerprint density at radius 3 is 2.05 bits per heavy atom. The summed E-state index contributed by atoms with van der Waals surface area (Å²) in [7, 11) is -1.77. The van der Waals surface area contributed by atoms with Crippen LogP contribution in [0.4, 0.5) is 0 Å². The van der Waals surface area contributed by atoms with Crippen LogP contribution in [0.2, 0.25) is 0 Å². The summed E-state index contributed by atoms with van der Waals surface area (Å²) in [5.74, 6) is 0. The van der Waals surface area contributed by atoms with Gasteiger partial charge < -0.3 is 0 Å². The second kappa shape index (κ2) is 7.06. The Hall–Kier alpha value is -0.990. The fourth-order valence-corrected chi connectivity index (χ4v) is 3.59. The van der Waals surface area contributed by atoms with Gasteiger partial charge in [0.15, 0.2) is 6.35 Å². The van der Waals surface area contributed by atoms with Gasteiger partial charge in [-0.25, -0.2) is 4.18 Å². The molecule has 124 valence electrons. The summed E-state index contributed by atoms with van der Waals surface area (Å²) >= 11 is 0. The van der Waals surface area contributed by atoms with Crippen LogP contribution >= 0.6 is 0 Å². The highest BCUT2D eigenvalue weighted by atomic mass is 32.2. The highest BCUT2D eigenvalue weighted by molar-refractivity contribution is 7.86. The third-order valence-corrected chi connectivity index (χ3v) is 5.08. The predicted octanol–water partition coefficient (Wildman–Crippen LogP) is 1.49. The van der Waals surface area contributed by atoms with Gasteiger partial charge in [0, 0.05) is 13.1 Å². The predicted molar refractivity (Wildman–Crippen MR) is 85.5 cm³/mol. The molecular formula is C15H25N3O3S. The Balaban J connectivity index is 2.23. The van der Waals surface area contributed by atoms with E-state index >= 15 is 0 Å². The van der Waals surface area contributed by atoms with E-state index < -0.39 is 16.5 Å². The number of benzene rings is 1. The topological polar surface area (TPSA) is 53.1 Å². The Morgan fingerprint density at radius 2 is 1.59 bits per heavy atom. The van der Waals surface area contributed by atoms with Crippen LogP contribution in [0.15, 0.2) is 29.2 Å². The highest BCUT2D eigenvalue weighted by Crippen LogP contribution is 2.21. The average molecular weight is 327 g/mol. The van der Waals surface area contributed by atoms with Crippen LogP contribution in [-0.4, -0.2) is 62.9 Å². The van der Waals surface area contributed by atoms with Gasteiger partial charge in [-0.05, 0) is 26.1 Å². The molecule has 0 amide bonds. The Labute approximate surface area is 133 Å². The zero-order valence-corrected chi connectivity index (χ0v) is 14.5. The van der Waals surface area contributed by atoms with Crippen molar-refractivity contribution in [3.05, 3.63) is 29.8 Å². The molecule has 2 rings (SSSR count). The van der Waals surface area contributed by atoms with E-state index in [0.717, 1.165) is 18.7 Å². The lowest BCUT2D eigenvalue weighted by Gasteiger charge is -2.45. The lowest BCUT2D eigenvalue weighted by molar-refractivity contribution is -0.158. The van der Waals surface area contributed by atoms with Crippen molar-refractivity contribution in [1.29, 1.82) is 0 Å². The van der Waals surface area contributed by atoms with Gasteiger partial charge in [0.25, 0.3) is 10.1 Å². The maximum atomic E-state index is 12.5. The molecule has 1 fully saturated rings. The van der Waals surface area contributed by atoms with Crippen LogP contribution < -0.4 is 0 Å². The summed E-state index contributed by atoms with van der Waals surface area (Å²) in [5, 5.41) is 0. The number of rotatable bonds is 5. The zero-order valence-electron chi connectivity index (χ0n) is 13.7. The monoisotopic (exact) mass is 327 g/mol. The summed E-state index contributed by atoms with van der Waals surface area (Å²) < 4.78 is 30.6. The molecule has 0 atom stereocenters. The summed E-state index contributed by atoms with van der Waals surface area (Å²) in [6.07, 6.45) is -0.558. The van der Waals surface area contributed by atoms with E-state index in [2.05, 4.69) is 4.90 Å². The van der Waals surface area contributed by atoms with Crippen LogP contribution in [0.5, 0.6) is 0 Å². The van der Waals surface area contributed by atoms with Gasteiger partial charge in [0.1, 0.15) is 0 Å². The zero-order chi connectivity index (χ0) is 16.3. The van der Waals surface area contributed by atoms with Crippen LogP contribution in [0, 0.1) is 6.92 Å². The fourth-order valence-electron chi connectivity index (χ4n) is 2.54. The van der Waals surface area contributed by atoms with Crippen LogP contribution in [0.25, 0.3) is 0 Å². The third kappa shape index (κ3) is 3.85. The molecule has 1 heterocycles. The largest absolute Gasteiger partial charge is 0.299 e. The van der Waals surface area contributed by atoms with Crippen molar-refractivity contribution in [3.8, 4) is 0 Å². The molecule has 0 unspecified atom stereocenters. The minimum Gasteiger partial charge on any atom is -0.280 e. The van der Waals surface area contributed by atoms with Gasteiger partial charge in [0.2, 0.25) is 0 Å². The van der Waals surface area contributed by atoms with Crippen molar-refractivity contribution >= 4 is 10.1 Å². The maximum Gasteiger partial charge on any atom is 0.299 e. The van der Waals surface area contributed by atoms with Gasteiger partial charge in [-0.1, -0.05) is 31.5 Å². The Morgan fingerprint density at radius 1 is 1.09 bits per heavy atom. The maximum absolute atomic E-state index is 12.5. The fraction of sp³-hybridized carbons (Fsp3) is 0.600. The minimum atomic E-state index is -3.78. The van der Waals surface area contributed by atoms with Crippen molar-refractivity contribution < 1.29 is 12.6 Å². The molecule has 22 heavy (non-hydrogen) atoms. The summed E-state index contributed by atoms with van der Waals surface area (Å²) in [4.78, 5) is 6.33. The van der Waals surface area contributed by atoms with Crippen LogP contribution in [0.1, 0.15) is 19.4 Å². The van der Waals surface area contributed by atoms with Crippen LogP contribution in [0.3, 0.4) is 0 Å².